The molecule has 3 heterocycles. The van der Waals surface area contributed by atoms with Crippen molar-refractivity contribution in [2.75, 3.05) is 36.1 Å². The number of hydrogen-bond acceptors (Lipinski definition) is 8. The molecule has 3 aromatic rings. The van der Waals surface area contributed by atoms with E-state index in [9.17, 15) is 9.59 Å². The molecule has 172 valence electrons. The summed E-state index contributed by atoms with van der Waals surface area (Å²) in [6, 6.07) is 11.4. The molecule has 0 aliphatic carbocycles. The standard InChI is InChI=1S/C24H26N4O4S/c1-3-18-4-7-21(8-5-18)28(17(2)29)24-26-20(16-33-24)15-32-23(30)19-6-9-22(25-14-19)27-10-12-31-13-11-27/h4-9,14,16H,3,10-13,15H2,1-2H3. The first-order chi connectivity index (χ1) is 16.0. The van der Waals surface area contributed by atoms with Crippen molar-refractivity contribution in [2.24, 2.45) is 0 Å². The lowest BCUT2D eigenvalue weighted by atomic mass is 10.1. The van der Waals surface area contributed by atoms with Crippen molar-refractivity contribution in [3.05, 3.63) is 64.8 Å². The lowest BCUT2D eigenvalue weighted by Crippen LogP contribution is -2.36. The average Bonchev–Trinajstić information content (AvgIpc) is 3.32. The first-order valence-electron chi connectivity index (χ1n) is 10.8. The fourth-order valence-corrected chi connectivity index (χ4v) is 4.35. The summed E-state index contributed by atoms with van der Waals surface area (Å²) in [5.41, 5.74) is 2.91. The second-order valence-electron chi connectivity index (χ2n) is 7.58. The number of benzene rings is 1. The molecule has 1 aliphatic rings. The number of esters is 1. The van der Waals surface area contributed by atoms with Gasteiger partial charge in [-0.3, -0.25) is 9.69 Å². The molecular formula is C24H26N4O4S. The molecule has 0 bridgehead atoms. The van der Waals surface area contributed by atoms with Gasteiger partial charge in [-0.2, -0.15) is 0 Å². The van der Waals surface area contributed by atoms with Gasteiger partial charge in [-0.25, -0.2) is 14.8 Å². The van der Waals surface area contributed by atoms with Crippen molar-refractivity contribution in [1.29, 1.82) is 0 Å². The maximum atomic E-state index is 12.5. The molecule has 0 radical (unpaired) electrons. The Kier molecular flexibility index (Phi) is 7.31. The number of amides is 1. The van der Waals surface area contributed by atoms with E-state index < -0.39 is 5.97 Å². The van der Waals surface area contributed by atoms with Crippen LogP contribution in [-0.4, -0.2) is 48.1 Å². The number of anilines is 3. The van der Waals surface area contributed by atoms with Crippen LogP contribution in [0.1, 0.15) is 35.5 Å². The van der Waals surface area contributed by atoms with Gasteiger partial charge in [-0.05, 0) is 36.2 Å². The Morgan fingerprint density at radius 3 is 2.55 bits per heavy atom. The van der Waals surface area contributed by atoms with E-state index >= 15 is 0 Å². The van der Waals surface area contributed by atoms with Gasteiger partial charge in [0.15, 0.2) is 5.13 Å². The highest BCUT2D eigenvalue weighted by molar-refractivity contribution is 7.14. The molecule has 33 heavy (non-hydrogen) atoms. The third kappa shape index (κ3) is 5.55. The lowest BCUT2D eigenvalue weighted by Gasteiger charge is -2.27. The van der Waals surface area contributed by atoms with Crippen LogP contribution in [0.25, 0.3) is 0 Å². The van der Waals surface area contributed by atoms with Crippen LogP contribution in [0.2, 0.25) is 0 Å². The van der Waals surface area contributed by atoms with Crippen LogP contribution in [0, 0.1) is 0 Å². The topological polar surface area (TPSA) is 84.9 Å². The van der Waals surface area contributed by atoms with E-state index in [0.717, 1.165) is 31.0 Å². The third-order valence-electron chi connectivity index (χ3n) is 5.32. The normalized spacial score (nSPS) is 13.6. The van der Waals surface area contributed by atoms with Gasteiger partial charge in [0, 0.05) is 31.6 Å². The number of rotatable bonds is 7. The van der Waals surface area contributed by atoms with Crippen molar-refractivity contribution in [2.45, 2.75) is 26.9 Å². The Morgan fingerprint density at radius 2 is 1.91 bits per heavy atom. The van der Waals surface area contributed by atoms with Crippen molar-refractivity contribution in [3.63, 3.8) is 0 Å². The first-order valence-corrected chi connectivity index (χ1v) is 11.7. The largest absolute Gasteiger partial charge is 0.456 e. The van der Waals surface area contributed by atoms with E-state index in [-0.39, 0.29) is 12.5 Å². The molecule has 2 aromatic heterocycles. The molecule has 0 spiro atoms. The van der Waals surface area contributed by atoms with E-state index in [0.29, 0.717) is 29.6 Å². The first kappa shape index (κ1) is 22.9. The van der Waals surface area contributed by atoms with Gasteiger partial charge in [0.1, 0.15) is 12.4 Å². The molecule has 0 atom stereocenters. The Hall–Kier alpha value is -3.30. The second kappa shape index (κ2) is 10.5. The number of nitrogens with zero attached hydrogens (tertiary/aromatic N) is 4. The fourth-order valence-electron chi connectivity index (χ4n) is 3.48. The van der Waals surface area contributed by atoms with Crippen LogP contribution >= 0.6 is 11.3 Å². The molecule has 4 rings (SSSR count). The van der Waals surface area contributed by atoms with Crippen LogP contribution in [0.4, 0.5) is 16.6 Å². The zero-order valence-electron chi connectivity index (χ0n) is 18.7. The SMILES string of the molecule is CCc1ccc(N(C(C)=O)c2nc(COC(=O)c3ccc(N4CCOCC4)nc3)cs2)cc1. The average molecular weight is 467 g/mol. The summed E-state index contributed by atoms with van der Waals surface area (Å²) in [5.74, 6) is 0.211. The molecule has 1 aromatic carbocycles. The van der Waals surface area contributed by atoms with Crippen LogP contribution in [0.15, 0.2) is 48.0 Å². The minimum atomic E-state index is -0.468. The summed E-state index contributed by atoms with van der Waals surface area (Å²) in [4.78, 5) is 37.3. The van der Waals surface area contributed by atoms with Crippen molar-refractivity contribution >= 4 is 39.9 Å². The number of aromatic nitrogens is 2. The summed E-state index contributed by atoms with van der Waals surface area (Å²) < 4.78 is 10.8. The smallest absolute Gasteiger partial charge is 0.340 e. The summed E-state index contributed by atoms with van der Waals surface area (Å²) in [7, 11) is 0. The molecule has 1 amide bonds. The maximum Gasteiger partial charge on any atom is 0.340 e. The minimum absolute atomic E-state index is 0.0149. The zero-order valence-corrected chi connectivity index (χ0v) is 19.5. The minimum Gasteiger partial charge on any atom is -0.456 e. The van der Waals surface area contributed by atoms with Gasteiger partial charge < -0.3 is 14.4 Å². The molecule has 9 heteroatoms. The second-order valence-corrected chi connectivity index (χ2v) is 8.41. The predicted molar refractivity (Wildman–Crippen MR) is 127 cm³/mol. The van der Waals surface area contributed by atoms with Gasteiger partial charge in [-0.1, -0.05) is 19.1 Å². The number of ether oxygens (including phenoxy) is 2. The van der Waals surface area contributed by atoms with Crippen molar-refractivity contribution in [3.8, 4) is 0 Å². The number of pyridine rings is 1. The molecule has 1 aliphatic heterocycles. The number of morpholine rings is 1. The quantitative estimate of drug-likeness (QED) is 0.487. The summed E-state index contributed by atoms with van der Waals surface area (Å²) in [6.45, 7) is 6.51. The third-order valence-corrected chi connectivity index (χ3v) is 6.19. The number of aryl methyl sites for hydroxylation is 1. The van der Waals surface area contributed by atoms with E-state index in [1.54, 1.807) is 16.3 Å². The summed E-state index contributed by atoms with van der Waals surface area (Å²) in [5, 5.41) is 2.33. The van der Waals surface area contributed by atoms with Gasteiger partial charge in [-0.15, -0.1) is 11.3 Å². The van der Waals surface area contributed by atoms with Gasteiger partial charge in [0.05, 0.1) is 30.2 Å². The monoisotopic (exact) mass is 466 g/mol. The molecule has 0 saturated carbocycles. The highest BCUT2D eigenvalue weighted by Crippen LogP contribution is 2.29. The van der Waals surface area contributed by atoms with E-state index in [1.807, 2.05) is 30.3 Å². The molecule has 0 N–H and O–H groups in total. The van der Waals surface area contributed by atoms with Crippen molar-refractivity contribution in [1.82, 2.24) is 9.97 Å². The lowest BCUT2D eigenvalue weighted by molar-refractivity contribution is -0.115. The molecule has 1 fully saturated rings. The highest BCUT2D eigenvalue weighted by atomic mass is 32.1. The highest BCUT2D eigenvalue weighted by Gasteiger charge is 2.19. The van der Waals surface area contributed by atoms with Crippen LogP contribution in [0.5, 0.6) is 0 Å². The Bertz CT molecular complexity index is 1090. The Balaban J connectivity index is 1.38. The summed E-state index contributed by atoms with van der Waals surface area (Å²) in [6.07, 6.45) is 2.45. The number of carbonyl (C=O) groups excluding carboxylic acids is 2. The zero-order chi connectivity index (χ0) is 23.2. The maximum absolute atomic E-state index is 12.5. The van der Waals surface area contributed by atoms with Gasteiger partial charge >= 0.3 is 5.97 Å². The van der Waals surface area contributed by atoms with E-state index in [2.05, 4.69) is 21.8 Å². The van der Waals surface area contributed by atoms with Crippen molar-refractivity contribution < 1.29 is 19.1 Å². The van der Waals surface area contributed by atoms with Gasteiger partial charge in [0.2, 0.25) is 5.91 Å². The molecule has 1 saturated heterocycles. The Labute approximate surface area is 196 Å². The van der Waals surface area contributed by atoms with Crippen LogP contribution < -0.4 is 9.80 Å². The number of hydrogen-bond donors (Lipinski definition) is 0. The fraction of sp³-hybridized carbons (Fsp3) is 0.333. The van der Waals surface area contributed by atoms with Crippen LogP contribution in [-0.2, 0) is 27.3 Å². The molecule has 8 nitrogen and oxygen atoms in total. The molecular weight excluding hydrogens is 440 g/mol. The van der Waals surface area contributed by atoms with Gasteiger partial charge in [0.25, 0.3) is 0 Å². The number of thiazole rings is 1. The molecule has 0 unspecified atom stereocenters. The Morgan fingerprint density at radius 1 is 1.15 bits per heavy atom. The summed E-state index contributed by atoms with van der Waals surface area (Å²) >= 11 is 1.33. The van der Waals surface area contributed by atoms with E-state index in [1.165, 1.54) is 30.0 Å². The number of carbonyl (C=O) groups is 2. The van der Waals surface area contributed by atoms with E-state index in [4.69, 9.17) is 9.47 Å². The predicted octanol–water partition coefficient (Wildman–Crippen LogP) is 3.98. The van der Waals surface area contributed by atoms with Crippen LogP contribution in [0.3, 0.4) is 0 Å².